The van der Waals surface area contributed by atoms with Gasteiger partial charge < -0.3 is 5.73 Å². The van der Waals surface area contributed by atoms with Crippen molar-refractivity contribution in [1.82, 2.24) is 0 Å². The van der Waals surface area contributed by atoms with E-state index in [0.29, 0.717) is 6.04 Å². The van der Waals surface area contributed by atoms with Gasteiger partial charge in [-0.3, -0.25) is 0 Å². The van der Waals surface area contributed by atoms with E-state index in [2.05, 4.69) is 27.7 Å². The van der Waals surface area contributed by atoms with E-state index in [1.165, 1.54) is 44.9 Å². The second-order valence-electron chi connectivity index (χ2n) is 6.76. The Bertz CT molecular complexity index is 192. The number of hydrogen-bond acceptors (Lipinski definition) is 1. The fourth-order valence-electron chi connectivity index (χ4n) is 3.03. The highest BCUT2D eigenvalue weighted by molar-refractivity contribution is 4.81. The summed E-state index contributed by atoms with van der Waals surface area (Å²) < 4.78 is 0. The van der Waals surface area contributed by atoms with Crippen molar-refractivity contribution in [2.45, 2.75) is 78.7 Å². The van der Waals surface area contributed by atoms with E-state index in [4.69, 9.17) is 5.73 Å². The molecule has 0 radical (unpaired) electrons. The van der Waals surface area contributed by atoms with Crippen molar-refractivity contribution in [3.05, 3.63) is 0 Å². The maximum absolute atomic E-state index is 6.25. The Kier molecular flexibility index (Phi) is 5.30. The van der Waals surface area contributed by atoms with Crippen LogP contribution >= 0.6 is 0 Å². The summed E-state index contributed by atoms with van der Waals surface area (Å²) in [6.45, 7) is 9.13. The lowest BCUT2D eigenvalue weighted by Crippen LogP contribution is -2.35. The molecule has 1 aliphatic rings. The standard InChI is InChI=1S/C15H31N/c1-5-12-8-6-7-9-13(12)10-11-14(16)15(2,3)4/h12-14H,5-11,16H2,1-4H3. The summed E-state index contributed by atoms with van der Waals surface area (Å²) in [4.78, 5) is 0. The second kappa shape index (κ2) is 6.05. The molecule has 0 saturated heterocycles. The predicted octanol–water partition coefficient (Wildman–Crippen LogP) is 4.36. The molecule has 0 aromatic carbocycles. The Morgan fingerprint density at radius 2 is 1.69 bits per heavy atom. The van der Waals surface area contributed by atoms with Crippen molar-refractivity contribution < 1.29 is 0 Å². The number of rotatable bonds is 4. The van der Waals surface area contributed by atoms with E-state index in [0.717, 1.165) is 11.8 Å². The molecule has 1 saturated carbocycles. The summed E-state index contributed by atoms with van der Waals surface area (Å²) in [6.07, 6.45) is 9.77. The van der Waals surface area contributed by atoms with Crippen molar-refractivity contribution >= 4 is 0 Å². The molecule has 1 rings (SSSR count). The quantitative estimate of drug-likeness (QED) is 0.756. The number of nitrogens with two attached hydrogens (primary N) is 1. The normalized spacial score (nSPS) is 29.1. The minimum absolute atomic E-state index is 0.274. The molecule has 0 bridgehead atoms. The van der Waals surface area contributed by atoms with E-state index < -0.39 is 0 Å². The summed E-state index contributed by atoms with van der Waals surface area (Å²) in [5, 5.41) is 0. The van der Waals surface area contributed by atoms with Crippen LogP contribution in [0.3, 0.4) is 0 Å². The molecule has 0 amide bonds. The minimum atomic E-state index is 0.274. The molecule has 0 aromatic rings. The zero-order valence-corrected chi connectivity index (χ0v) is 11.8. The molecule has 0 heterocycles. The van der Waals surface area contributed by atoms with Crippen LogP contribution < -0.4 is 5.73 Å². The Morgan fingerprint density at radius 3 is 2.19 bits per heavy atom. The van der Waals surface area contributed by atoms with Gasteiger partial charge in [0.25, 0.3) is 0 Å². The van der Waals surface area contributed by atoms with E-state index in [-0.39, 0.29) is 5.41 Å². The Morgan fingerprint density at radius 1 is 1.12 bits per heavy atom. The average molecular weight is 225 g/mol. The third-order valence-corrected chi connectivity index (χ3v) is 4.55. The van der Waals surface area contributed by atoms with Crippen LogP contribution in [0.25, 0.3) is 0 Å². The van der Waals surface area contributed by atoms with Crippen LogP contribution in [0.5, 0.6) is 0 Å². The Balaban J connectivity index is 2.35. The van der Waals surface area contributed by atoms with Gasteiger partial charge in [0, 0.05) is 6.04 Å². The largest absolute Gasteiger partial charge is 0.327 e. The molecule has 96 valence electrons. The summed E-state index contributed by atoms with van der Waals surface area (Å²) in [7, 11) is 0. The van der Waals surface area contributed by atoms with Gasteiger partial charge in [0.2, 0.25) is 0 Å². The third-order valence-electron chi connectivity index (χ3n) is 4.55. The molecule has 1 fully saturated rings. The maximum Gasteiger partial charge on any atom is 0.00877 e. The smallest absolute Gasteiger partial charge is 0.00877 e. The molecule has 1 heteroatoms. The fourth-order valence-corrected chi connectivity index (χ4v) is 3.03. The zero-order valence-electron chi connectivity index (χ0n) is 11.8. The van der Waals surface area contributed by atoms with Crippen molar-refractivity contribution in [1.29, 1.82) is 0 Å². The lowest BCUT2D eigenvalue weighted by atomic mass is 9.73. The lowest BCUT2D eigenvalue weighted by molar-refractivity contribution is 0.195. The van der Waals surface area contributed by atoms with E-state index >= 15 is 0 Å². The summed E-state index contributed by atoms with van der Waals surface area (Å²) in [5.41, 5.74) is 6.53. The molecule has 0 aromatic heterocycles. The van der Waals surface area contributed by atoms with Gasteiger partial charge in [0.1, 0.15) is 0 Å². The fraction of sp³-hybridized carbons (Fsp3) is 1.00. The summed E-state index contributed by atoms with van der Waals surface area (Å²) in [6, 6.07) is 0.368. The van der Waals surface area contributed by atoms with E-state index in [1.54, 1.807) is 0 Å². The minimum Gasteiger partial charge on any atom is -0.327 e. The van der Waals surface area contributed by atoms with Crippen LogP contribution in [-0.4, -0.2) is 6.04 Å². The first-order valence-electron chi connectivity index (χ1n) is 7.20. The molecule has 3 atom stereocenters. The van der Waals surface area contributed by atoms with E-state index in [9.17, 15) is 0 Å². The summed E-state index contributed by atoms with van der Waals surface area (Å²) >= 11 is 0. The maximum atomic E-state index is 6.25. The van der Waals surface area contributed by atoms with Crippen LogP contribution in [0.1, 0.15) is 72.6 Å². The van der Waals surface area contributed by atoms with Crippen LogP contribution in [-0.2, 0) is 0 Å². The first-order valence-corrected chi connectivity index (χ1v) is 7.20. The lowest BCUT2D eigenvalue weighted by Gasteiger charge is -2.34. The molecule has 16 heavy (non-hydrogen) atoms. The molecule has 0 aliphatic heterocycles. The first kappa shape index (κ1) is 14.0. The Hall–Kier alpha value is -0.0400. The summed E-state index contributed by atoms with van der Waals surface area (Å²) in [5.74, 6) is 1.95. The van der Waals surface area contributed by atoms with Gasteiger partial charge in [-0.1, -0.05) is 59.8 Å². The molecular formula is C15H31N. The van der Waals surface area contributed by atoms with Gasteiger partial charge in [-0.2, -0.15) is 0 Å². The zero-order chi connectivity index (χ0) is 12.2. The van der Waals surface area contributed by atoms with Crippen LogP contribution in [0.2, 0.25) is 0 Å². The molecule has 0 spiro atoms. The van der Waals surface area contributed by atoms with Crippen molar-refractivity contribution in [2.24, 2.45) is 23.0 Å². The molecule has 1 nitrogen and oxygen atoms in total. The highest BCUT2D eigenvalue weighted by atomic mass is 14.7. The second-order valence-corrected chi connectivity index (χ2v) is 6.76. The molecule has 2 N–H and O–H groups in total. The molecule has 3 unspecified atom stereocenters. The Labute approximate surface area is 102 Å². The predicted molar refractivity (Wildman–Crippen MR) is 72.4 cm³/mol. The monoisotopic (exact) mass is 225 g/mol. The van der Waals surface area contributed by atoms with Crippen LogP contribution in [0, 0.1) is 17.3 Å². The molecule has 1 aliphatic carbocycles. The van der Waals surface area contributed by atoms with Crippen molar-refractivity contribution in [2.75, 3.05) is 0 Å². The van der Waals surface area contributed by atoms with Crippen molar-refractivity contribution in [3.8, 4) is 0 Å². The molecular weight excluding hydrogens is 194 g/mol. The van der Waals surface area contributed by atoms with Gasteiger partial charge >= 0.3 is 0 Å². The highest BCUT2D eigenvalue weighted by Gasteiger charge is 2.26. The SMILES string of the molecule is CCC1CCCCC1CCC(N)C(C)(C)C. The highest BCUT2D eigenvalue weighted by Crippen LogP contribution is 2.36. The first-order chi connectivity index (χ1) is 7.45. The topological polar surface area (TPSA) is 26.0 Å². The third kappa shape index (κ3) is 4.08. The van der Waals surface area contributed by atoms with Gasteiger partial charge in [-0.25, -0.2) is 0 Å². The van der Waals surface area contributed by atoms with Gasteiger partial charge in [0.15, 0.2) is 0 Å². The van der Waals surface area contributed by atoms with Gasteiger partial charge in [0.05, 0.1) is 0 Å². The van der Waals surface area contributed by atoms with E-state index in [1.807, 2.05) is 0 Å². The van der Waals surface area contributed by atoms with Gasteiger partial charge in [-0.15, -0.1) is 0 Å². The van der Waals surface area contributed by atoms with Gasteiger partial charge in [-0.05, 0) is 30.1 Å². The van der Waals surface area contributed by atoms with Crippen LogP contribution in [0.4, 0.5) is 0 Å². The van der Waals surface area contributed by atoms with Crippen molar-refractivity contribution in [3.63, 3.8) is 0 Å². The number of hydrogen-bond donors (Lipinski definition) is 1. The van der Waals surface area contributed by atoms with Crippen LogP contribution in [0.15, 0.2) is 0 Å². The average Bonchev–Trinajstić information content (AvgIpc) is 2.24.